The molecule has 0 fully saturated rings. The van der Waals surface area contributed by atoms with E-state index in [1.165, 1.54) is 0 Å². The SMILES string of the molecule is NCc1cc2c(Cl)nccn2n1. The van der Waals surface area contributed by atoms with Crippen LogP contribution >= 0.6 is 11.6 Å². The molecule has 0 spiro atoms. The van der Waals surface area contributed by atoms with Crippen molar-refractivity contribution in [1.29, 1.82) is 0 Å². The Morgan fingerprint density at radius 2 is 2.42 bits per heavy atom. The molecule has 2 heterocycles. The van der Waals surface area contributed by atoms with Crippen molar-refractivity contribution in [3.05, 3.63) is 29.3 Å². The van der Waals surface area contributed by atoms with Crippen molar-refractivity contribution in [2.45, 2.75) is 6.54 Å². The molecule has 0 amide bonds. The molecule has 0 bridgehead atoms. The first-order valence-electron chi connectivity index (χ1n) is 3.50. The summed E-state index contributed by atoms with van der Waals surface area (Å²) >= 11 is 5.81. The van der Waals surface area contributed by atoms with Crippen LogP contribution in [-0.2, 0) is 6.54 Å². The molecular weight excluding hydrogens is 176 g/mol. The van der Waals surface area contributed by atoms with Crippen molar-refractivity contribution in [2.24, 2.45) is 5.73 Å². The molecule has 0 saturated carbocycles. The monoisotopic (exact) mass is 182 g/mol. The molecule has 62 valence electrons. The summed E-state index contributed by atoms with van der Waals surface area (Å²) in [5.41, 5.74) is 7.03. The van der Waals surface area contributed by atoms with Crippen LogP contribution in [0.15, 0.2) is 18.5 Å². The van der Waals surface area contributed by atoms with E-state index in [2.05, 4.69) is 10.1 Å². The summed E-state index contributed by atoms with van der Waals surface area (Å²) < 4.78 is 1.66. The van der Waals surface area contributed by atoms with Gasteiger partial charge in [0.05, 0.1) is 5.69 Å². The van der Waals surface area contributed by atoms with Gasteiger partial charge in [-0.15, -0.1) is 0 Å². The number of hydrogen-bond donors (Lipinski definition) is 1. The molecule has 0 radical (unpaired) electrons. The van der Waals surface area contributed by atoms with E-state index in [4.69, 9.17) is 17.3 Å². The lowest BCUT2D eigenvalue weighted by Crippen LogP contribution is -1.96. The third kappa shape index (κ3) is 1.05. The van der Waals surface area contributed by atoms with Gasteiger partial charge in [-0.3, -0.25) is 0 Å². The highest BCUT2D eigenvalue weighted by atomic mass is 35.5. The highest BCUT2D eigenvalue weighted by Gasteiger charge is 2.02. The third-order valence-corrected chi connectivity index (χ3v) is 1.89. The molecule has 0 aromatic carbocycles. The van der Waals surface area contributed by atoms with Crippen molar-refractivity contribution in [3.63, 3.8) is 0 Å². The van der Waals surface area contributed by atoms with Crippen LogP contribution in [0.2, 0.25) is 5.15 Å². The lowest BCUT2D eigenvalue weighted by molar-refractivity contribution is 0.878. The maximum Gasteiger partial charge on any atom is 0.154 e. The van der Waals surface area contributed by atoms with Gasteiger partial charge >= 0.3 is 0 Å². The van der Waals surface area contributed by atoms with Gasteiger partial charge < -0.3 is 5.73 Å². The zero-order valence-electron chi connectivity index (χ0n) is 6.24. The van der Waals surface area contributed by atoms with E-state index in [-0.39, 0.29) is 0 Å². The van der Waals surface area contributed by atoms with Crippen LogP contribution in [0.25, 0.3) is 5.52 Å². The van der Waals surface area contributed by atoms with Crippen molar-refractivity contribution in [3.8, 4) is 0 Å². The van der Waals surface area contributed by atoms with E-state index in [0.29, 0.717) is 11.7 Å². The number of hydrogen-bond acceptors (Lipinski definition) is 3. The number of aromatic nitrogens is 3. The number of halogens is 1. The maximum absolute atomic E-state index is 5.81. The molecule has 0 atom stereocenters. The number of nitrogens with zero attached hydrogens (tertiary/aromatic N) is 3. The normalized spacial score (nSPS) is 10.8. The van der Waals surface area contributed by atoms with E-state index in [1.807, 2.05) is 6.07 Å². The van der Waals surface area contributed by atoms with E-state index < -0.39 is 0 Å². The van der Waals surface area contributed by atoms with Gasteiger partial charge in [-0.2, -0.15) is 5.10 Å². The average Bonchev–Trinajstić information content (AvgIpc) is 2.49. The summed E-state index contributed by atoms with van der Waals surface area (Å²) in [4.78, 5) is 3.92. The fourth-order valence-electron chi connectivity index (χ4n) is 1.04. The van der Waals surface area contributed by atoms with Gasteiger partial charge in [0.15, 0.2) is 5.15 Å². The van der Waals surface area contributed by atoms with Crippen LogP contribution in [0, 0.1) is 0 Å². The molecule has 0 unspecified atom stereocenters. The Labute approximate surface area is 74.0 Å². The summed E-state index contributed by atoms with van der Waals surface area (Å²) in [5.74, 6) is 0. The fraction of sp³-hybridized carbons (Fsp3) is 0.143. The van der Waals surface area contributed by atoms with Gasteiger partial charge in [0.25, 0.3) is 0 Å². The van der Waals surface area contributed by atoms with E-state index in [9.17, 15) is 0 Å². The Bertz CT molecular complexity index is 409. The minimum Gasteiger partial charge on any atom is -0.325 e. The van der Waals surface area contributed by atoms with Crippen LogP contribution < -0.4 is 5.73 Å². The molecule has 2 N–H and O–H groups in total. The highest BCUT2D eigenvalue weighted by Crippen LogP contribution is 2.14. The summed E-state index contributed by atoms with van der Waals surface area (Å²) in [6.07, 6.45) is 3.34. The second kappa shape index (κ2) is 2.73. The average molecular weight is 183 g/mol. The van der Waals surface area contributed by atoms with Crippen molar-refractivity contribution >= 4 is 17.1 Å². The number of rotatable bonds is 1. The van der Waals surface area contributed by atoms with E-state index >= 15 is 0 Å². The van der Waals surface area contributed by atoms with Crippen LogP contribution in [0.4, 0.5) is 0 Å². The lowest BCUT2D eigenvalue weighted by Gasteiger charge is -1.91. The fourth-order valence-corrected chi connectivity index (χ4v) is 1.24. The summed E-state index contributed by atoms with van der Waals surface area (Å²) in [6, 6.07) is 1.83. The molecular formula is C7H7ClN4. The van der Waals surface area contributed by atoms with Crippen molar-refractivity contribution in [2.75, 3.05) is 0 Å². The zero-order valence-corrected chi connectivity index (χ0v) is 6.99. The van der Waals surface area contributed by atoms with Crippen LogP contribution in [0.3, 0.4) is 0 Å². The zero-order chi connectivity index (χ0) is 8.55. The third-order valence-electron chi connectivity index (χ3n) is 1.60. The molecule has 5 heteroatoms. The van der Waals surface area contributed by atoms with Gasteiger partial charge in [-0.05, 0) is 6.07 Å². The summed E-state index contributed by atoms with van der Waals surface area (Å²) in [7, 11) is 0. The Morgan fingerprint density at radius 3 is 3.08 bits per heavy atom. The number of nitrogens with two attached hydrogens (primary N) is 1. The predicted octanol–water partition coefficient (Wildman–Crippen LogP) is 0.841. The van der Waals surface area contributed by atoms with Crippen LogP contribution in [-0.4, -0.2) is 14.6 Å². The molecule has 4 nitrogen and oxygen atoms in total. The largest absolute Gasteiger partial charge is 0.325 e. The maximum atomic E-state index is 5.81. The van der Waals surface area contributed by atoms with E-state index in [0.717, 1.165) is 11.2 Å². The minimum atomic E-state index is 0.415. The van der Waals surface area contributed by atoms with Crippen molar-refractivity contribution in [1.82, 2.24) is 14.6 Å². The summed E-state index contributed by atoms with van der Waals surface area (Å²) in [5, 5.41) is 4.61. The molecule has 0 aliphatic carbocycles. The van der Waals surface area contributed by atoms with Gasteiger partial charge in [0.2, 0.25) is 0 Å². The first-order chi connectivity index (χ1) is 5.81. The first kappa shape index (κ1) is 7.52. The van der Waals surface area contributed by atoms with E-state index in [1.54, 1.807) is 16.9 Å². The molecule has 0 saturated heterocycles. The van der Waals surface area contributed by atoms with Gasteiger partial charge in [-0.25, -0.2) is 9.50 Å². The highest BCUT2D eigenvalue weighted by molar-refractivity contribution is 6.32. The molecule has 2 aromatic heterocycles. The van der Waals surface area contributed by atoms with Crippen LogP contribution in [0.5, 0.6) is 0 Å². The minimum absolute atomic E-state index is 0.415. The Hall–Kier alpha value is -1.13. The Morgan fingerprint density at radius 1 is 1.58 bits per heavy atom. The molecule has 12 heavy (non-hydrogen) atoms. The first-order valence-corrected chi connectivity index (χ1v) is 3.88. The van der Waals surface area contributed by atoms with Crippen LogP contribution in [0.1, 0.15) is 5.69 Å². The molecule has 0 aliphatic rings. The predicted molar refractivity (Wildman–Crippen MR) is 45.9 cm³/mol. The van der Waals surface area contributed by atoms with Gasteiger partial charge in [-0.1, -0.05) is 11.6 Å². The van der Waals surface area contributed by atoms with Crippen molar-refractivity contribution < 1.29 is 0 Å². The number of fused-ring (bicyclic) bond motifs is 1. The Kier molecular flexibility index (Phi) is 1.71. The second-order valence-electron chi connectivity index (χ2n) is 2.39. The standard InChI is InChI=1S/C7H7ClN4/c8-7-6-3-5(4-9)11-12(6)2-1-10-7/h1-3H,4,9H2. The Balaban J connectivity index is 2.74. The topological polar surface area (TPSA) is 56.2 Å². The summed E-state index contributed by atoms with van der Waals surface area (Å²) in [6.45, 7) is 0.415. The van der Waals surface area contributed by atoms with Gasteiger partial charge in [0, 0.05) is 18.9 Å². The van der Waals surface area contributed by atoms with Gasteiger partial charge in [0.1, 0.15) is 5.52 Å². The molecule has 2 rings (SSSR count). The lowest BCUT2D eigenvalue weighted by atomic mass is 10.4. The molecule has 0 aliphatic heterocycles. The molecule has 2 aromatic rings. The second-order valence-corrected chi connectivity index (χ2v) is 2.75. The smallest absolute Gasteiger partial charge is 0.154 e. The quantitative estimate of drug-likeness (QED) is 0.711.